The number of benzene rings is 2. The number of fused-ring (bicyclic) bond motifs is 2. The van der Waals surface area contributed by atoms with E-state index in [4.69, 9.17) is 0 Å². The number of rotatable bonds is 0. The maximum Gasteiger partial charge on any atom is 0.224 e. The first-order chi connectivity index (χ1) is 12.9. The topological polar surface area (TPSA) is 58.2 Å². The normalized spacial score (nSPS) is 15.4. The second kappa shape index (κ2) is 8.57. The second-order valence-corrected chi connectivity index (χ2v) is 8.48. The van der Waals surface area contributed by atoms with Crippen molar-refractivity contribution < 1.29 is 9.59 Å². The maximum absolute atomic E-state index is 11.3. The molecule has 2 heterocycles. The summed E-state index contributed by atoms with van der Waals surface area (Å²) in [6.45, 7) is 4.12. The van der Waals surface area contributed by atoms with Crippen LogP contribution in [0.25, 0.3) is 0 Å². The third-order valence-corrected chi connectivity index (χ3v) is 7.06. The minimum atomic E-state index is 0.114. The first-order valence-corrected chi connectivity index (χ1v) is 10.6. The molecule has 2 aliphatic rings. The summed E-state index contributed by atoms with van der Waals surface area (Å²) in [5.74, 6) is 0.239. The molecule has 2 aromatic rings. The lowest BCUT2D eigenvalue weighted by atomic mass is 10.0. The van der Waals surface area contributed by atoms with Crippen LogP contribution in [0.2, 0.25) is 0 Å². The van der Waals surface area contributed by atoms with Crippen molar-refractivity contribution >= 4 is 55.0 Å². The molecule has 2 amide bonds. The van der Waals surface area contributed by atoms with E-state index >= 15 is 0 Å². The Kier molecular flexibility index (Phi) is 6.37. The molecule has 2 aromatic carbocycles. The molecule has 0 saturated carbocycles. The van der Waals surface area contributed by atoms with Gasteiger partial charge in [-0.05, 0) is 67.5 Å². The summed E-state index contributed by atoms with van der Waals surface area (Å²) in [7, 11) is 0. The van der Waals surface area contributed by atoms with E-state index in [1.807, 2.05) is 24.3 Å². The van der Waals surface area contributed by atoms with Crippen LogP contribution in [0.3, 0.4) is 0 Å². The van der Waals surface area contributed by atoms with Gasteiger partial charge in [0, 0.05) is 33.2 Å². The van der Waals surface area contributed by atoms with Crippen molar-refractivity contribution in [2.24, 2.45) is 0 Å². The molecule has 2 aliphatic heterocycles. The summed E-state index contributed by atoms with van der Waals surface area (Å²) in [6, 6.07) is 7.98. The summed E-state index contributed by atoms with van der Waals surface area (Å²) < 4.78 is 2.27. The number of anilines is 2. The molecule has 0 atom stereocenters. The first-order valence-electron chi connectivity index (χ1n) is 9.02. The molecule has 0 aliphatic carbocycles. The van der Waals surface area contributed by atoms with Crippen LogP contribution < -0.4 is 10.6 Å². The molecule has 0 aromatic heterocycles. The summed E-state index contributed by atoms with van der Waals surface area (Å²) in [6.07, 6.45) is 3.95. The number of hydrogen-bond acceptors (Lipinski definition) is 2. The molecule has 0 unspecified atom stereocenters. The molecule has 4 rings (SSSR count). The van der Waals surface area contributed by atoms with E-state index in [1.54, 1.807) is 0 Å². The highest BCUT2D eigenvalue weighted by atomic mass is 79.9. The maximum atomic E-state index is 11.3. The predicted molar refractivity (Wildman–Crippen MR) is 116 cm³/mol. The fourth-order valence-corrected chi connectivity index (χ4v) is 4.38. The van der Waals surface area contributed by atoms with Crippen LogP contribution in [0, 0.1) is 13.8 Å². The quantitative estimate of drug-likeness (QED) is 0.496. The average Bonchev–Trinajstić information content (AvgIpc) is 2.83. The molecular formula is C21H22Br2N2O2. The Morgan fingerprint density at radius 3 is 1.74 bits per heavy atom. The van der Waals surface area contributed by atoms with E-state index in [9.17, 15) is 9.59 Å². The van der Waals surface area contributed by atoms with Crippen molar-refractivity contribution in [3.63, 3.8) is 0 Å². The second-order valence-electron chi connectivity index (χ2n) is 6.90. The lowest BCUT2D eigenvalue weighted by Gasteiger charge is -2.18. The van der Waals surface area contributed by atoms with E-state index in [0.717, 1.165) is 39.6 Å². The van der Waals surface area contributed by atoms with Crippen molar-refractivity contribution in [2.45, 2.75) is 46.0 Å². The van der Waals surface area contributed by atoms with Crippen LogP contribution in [0.15, 0.2) is 33.2 Å². The van der Waals surface area contributed by atoms with Crippen LogP contribution in [0.4, 0.5) is 11.4 Å². The number of aryl methyl sites for hydroxylation is 2. The summed E-state index contributed by atoms with van der Waals surface area (Å²) in [5.41, 5.74) is 6.81. The van der Waals surface area contributed by atoms with E-state index in [1.165, 1.54) is 22.3 Å². The number of hydrogen-bond donors (Lipinski definition) is 2. The van der Waals surface area contributed by atoms with Gasteiger partial charge in [0.1, 0.15) is 0 Å². The zero-order valence-electron chi connectivity index (χ0n) is 15.4. The molecule has 27 heavy (non-hydrogen) atoms. The van der Waals surface area contributed by atoms with Gasteiger partial charge < -0.3 is 10.6 Å². The highest BCUT2D eigenvalue weighted by Crippen LogP contribution is 2.32. The Bertz CT molecular complexity index is 910. The number of halogens is 2. The van der Waals surface area contributed by atoms with Gasteiger partial charge in [-0.2, -0.15) is 0 Å². The zero-order valence-corrected chi connectivity index (χ0v) is 18.6. The van der Waals surface area contributed by atoms with Crippen molar-refractivity contribution in [3.8, 4) is 0 Å². The monoisotopic (exact) mass is 492 g/mol. The minimum absolute atomic E-state index is 0.114. The SMILES string of the molecule is Cc1ccc2c(c1Br)CCC(=O)N2.Cc1ccc2c(c1Br)CCCC(=O)N2. The average molecular weight is 494 g/mol. The largest absolute Gasteiger partial charge is 0.326 e. The summed E-state index contributed by atoms with van der Waals surface area (Å²) in [4.78, 5) is 22.4. The molecular weight excluding hydrogens is 472 g/mol. The molecule has 0 fully saturated rings. The van der Waals surface area contributed by atoms with Gasteiger partial charge in [-0.15, -0.1) is 0 Å². The van der Waals surface area contributed by atoms with Crippen LogP contribution in [0.1, 0.15) is 41.5 Å². The molecule has 0 radical (unpaired) electrons. The molecule has 6 heteroatoms. The molecule has 0 saturated heterocycles. The minimum Gasteiger partial charge on any atom is -0.326 e. The Hall–Kier alpha value is -1.66. The molecule has 2 N–H and O–H groups in total. The van der Waals surface area contributed by atoms with Gasteiger partial charge in [0.05, 0.1) is 0 Å². The van der Waals surface area contributed by atoms with E-state index < -0.39 is 0 Å². The summed E-state index contributed by atoms with van der Waals surface area (Å²) in [5, 5.41) is 5.78. The lowest BCUT2D eigenvalue weighted by Crippen LogP contribution is -2.19. The number of nitrogens with one attached hydrogen (secondary N) is 2. The van der Waals surface area contributed by atoms with Crippen molar-refractivity contribution in [1.82, 2.24) is 0 Å². The lowest BCUT2D eigenvalue weighted by molar-refractivity contribution is -0.117. The van der Waals surface area contributed by atoms with Gasteiger partial charge in [-0.1, -0.05) is 44.0 Å². The predicted octanol–water partition coefficient (Wildman–Crippen LogP) is 5.67. The van der Waals surface area contributed by atoms with Crippen LogP contribution >= 0.6 is 31.9 Å². The standard InChI is InChI=1S/C11H12BrNO.C10H10BrNO/c1-7-5-6-9-8(11(7)12)3-2-4-10(14)13-9;1-6-2-4-8-7(10(6)11)3-5-9(13)12-8/h5-6H,2-4H2,1H3,(H,13,14);2,4H,3,5H2,1H3,(H,12,13). The highest BCUT2D eigenvalue weighted by Gasteiger charge is 2.17. The number of carbonyl (C=O) groups excluding carboxylic acids is 2. The zero-order chi connectivity index (χ0) is 19.6. The van der Waals surface area contributed by atoms with Gasteiger partial charge in [-0.25, -0.2) is 0 Å². The Morgan fingerprint density at radius 1 is 0.704 bits per heavy atom. The van der Waals surface area contributed by atoms with Crippen molar-refractivity contribution in [1.29, 1.82) is 0 Å². The van der Waals surface area contributed by atoms with E-state index in [-0.39, 0.29) is 11.8 Å². The molecule has 4 nitrogen and oxygen atoms in total. The molecule has 142 valence electrons. The number of amides is 2. The smallest absolute Gasteiger partial charge is 0.224 e. The molecule has 0 spiro atoms. The van der Waals surface area contributed by atoms with Crippen LogP contribution in [-0.4, -0.2) is 11.8 Å². The van der Waals surface area contributed by atoms with Gasteiger partial charge in [-0.3, -0.25) is 9.59 Å². The van der Waals surface area contributed by atoms with Gasteiger partial charge in [0.2, 0.25) is 11.8 Å². The first kappa shape index (κ1) is 20.1. The van der Waals surface area contributed by atoms with E-state index in [0.29, 0.717) is 12.8 Å². The van der Waals surface area contributed by atoms with Gasteiger partial charge in [0.15, 0.2) is 0 Å². The van der Waals surface area contributed by atoms with Crippen LogP contribution in [0.5, 0.6) is 0 Å². The van der Waals surface area contributed by atoms with Gasteiger partial charge in [0.25, 0.3) is 0 Å². The van der Waals surface area contributed by atoms with Gasteiger partial charge >= 0.3 is 0 Å². The summed E-state index contributed by atoms with van der Waals surface area (Å²) >= 11 is 7.10. The number of carbonyl (C=O) groups is 2. The third-order valence-electron chi connectivity index (χ3n) is 4.85. The Morgan fingerprint density at radius 2 is 1.19 bits per heavy atom. The fourth-order valence-electron chi connectivity index (χ4n) is 3.29. The molecule has 0 bridgehead atoms. The van der Waals surface area contributed by atoms with Crippen molar-refractivity contribution in [3.05, 3.63) is 55.5 Å². The van der Waals surface area contributed by atoms with E-state index in [2.05, 4.69) is 56.3 Å². The third kappa shape index (κ3) is 4.61. The van der Waals surface area contributed by atoms with Crippen molar-refractivity contribution in [2.75, 3.05) is 10.6 Å². The Balaban J connectivity index is 0.000000156. The highest BCUT2D eigenvalue weighted by molar-refractivity contribution is 9.10. The van der Waals surface area contributed by atoms with Crippen LogP contribution in [-0.2, 0) is 22.4 Å². The Labute approximate surface area is 176 Å². The fraction of sp³-hybridized carbons (Fsp3) is 0.333.